The average molecular weight is 459 g/mol. The zero-order valence-corrected chi connectivity index (χ0v) is 18.4. The van der Waals surface area contributed by atoms with E-state index in [2.05, 4.69) is 20.4 Å². The SMILES string of the molecule is COc1cc(CNC(=O)c2cc(C3=NO[C@H](C4OCC(CN)CO4)C3)nc(C)n2)ccc1F. The van der Waals surface area contributed by atoms with Crippen LogP contribution in [-0.2, 0) is 20.9 Å². The van der Waals surface area contributed by atoms with E-state index >= 15 is 0 Å². The van der Waals surface area contributed by atoms with Gasteiger partial charge in [0, 0.05) is 18.9 Å². The van der Waals surface area contributed by atoms with Gasteiger partial charge in [-0.2, -0.15) is 0 Å². The summed E-state index contributed by atoms with van der Waals surface area (Å²) in [5.41, 5.74) is 7.60. The maximum atomic E-state index is 13.6. The fourth-order valence-electron chi connectivity index (χ4n) is 3.52. The minimum atomic E-state index is -0.535. The first kappa shape index (κ1) is 23.0. The van der Waals surface area contributed by atoms with Crippen molar-refractivity contribution in [2.24, 2.45) is 16.8 Å². The molecule has 11 heteroatoms. The number of rotatable bonds is 7. The van der Waals surface area contributed by atoms with Crippen LogP contribution < -0.4 is 15.8 Å². The van der Waals surface area contributed by atoms with Gasteiger partial charge in [0.1, 0.15) is 17.2 Å². The number of nitrogens with two attached hydrogens (primary N) is 1. The molecule has 33 heavy (non-hydrogen) atoms. The number of benzene rings is 1. The number of nitrogens with zero attached hydrogens (tertiary/aromatic N) is 3. The molecule has 3 heterocycles. The molecular weight excluding hydrogens is 433 g/mol. The van der Waals surface area contributed by atoms with Gasteiger partial charge in [-0.15, -0.1) is 0 Å². The monoisotopic (exact) mass is 459 g/mol. The first-order valence-corrected chi connectivity index (χ1v) is 10.6. The van der Waals surface area contributed by atoms with Crippen molar-refractivity contribution in [2.75, 3.05) is 26.9 Å². The van der Waals surface area contributed by atoms with Crippen LogP contribution in [0.4, 0.5) is 4.39 Å². The lowest BCUT2D eigenvalue weighted by Crippen LogP contribution is -2.42. The van der Waals surface area contributed by atoms with Crippen LogP contribution in [0.25, 0.3) is 0 Å². The number of methoxy groups -OCH3 is 1. The number of aromatic nitrogens is 2. The van der Waals surface area contributed by atoms with Gasteiger partial charge in [0.2, 0.25) is 0 Å². The van der Waals surface area contributed by atoms with E-state index in [9.17, 15) is 9.18 Å². The highest BCUT2D eigenvalue weighted by Crippen LogP contribution is 2.24. The second-order valence-corrected chi connectivity index (χ2v) is 7.86. The molecule has 0 spiro atoms. The van der Waals surface area contributed by atoms with Crippen molar-refractivity contribution in [1.82, 2.24) is 15.3 Å². The minimum Gasteiger partial charge on any atom is -0.494 e. The molecule has 0 bridgehead atoms. The van der Waals surface area contributed by atoms with Crippen molar-refractivity contribution < 1.29 is 28.2 Å². The Kier molecular flexibility index (Phi) is 7.11. The molecule has 4 rings (SSSR count). The molecule has 0 unspecified atom stereocenters. The van der Waals surface area contributed by atoms with Gasteiger partial charge in [0.25, 0.3) is 5.91 Å². The highest BCUT2D eigenvalue weighted by molar-refractivity contribution is 6.01. The molecule has 1 amide bonds. The molecule has 3 N–H and O–H groups in total. The molecule has 2 aliphatic heterocycles. The predicted molar refractivity (Wildman–Crippen MR) is 115 cm³/mol. The summed E-state index contributed by atoms with van der Waals surface area (Å²) in [5.74, 6) is -0.161. The number of ether oxygens (including phenoxy) is 3. The summed E-state index contributed by atoms with van der Waals surface area (Å²) >= 11 is 0. The standard InChI is InChI=1S/C22H26FN5O5/c1-12-26-16(17-7-20(33-28-17)22-31-10-14(8-24)11-32-22)6-18(27-12)21(29)25-9-13-3-4-15(23)19(5-13)30-2/h3-6,14,20,22H,7-11,24H2,1-2H3,(H,25,29)/t14?,20-,22?/m0/s1. The Morgan fingerprint density at radius 1 is 1.27 bits per heavy atom. The van der Waals surface area contributed by atoms with Crippen molar-refractivity contribution in [3.63, 3.8) is 0 Å². The maximum absolute atomic E-state index is 13.6. The third-order valence-electron chi connectivity index (χ3n) is 5.36. The van der Waals surface area contributed by atoms with E-state index in [-0.39, 0.29) is 23.9 Å². The highest BCUT2D eigenvalue weighted by Gasteiger charge is 2.35. The van der Waals surface area contributed by atoms with Gasteiger partial charge in [-0.3, -0.25) is 4.79 Å². The first-order chi connectivity index (χ1) is 16.0. The number of hydrogen-bond donors (Lipinski definition) is 2. The molecule has 1 aromatic heterocycles. The third kappa shape index (κ3) is 5.44. The highest BCUT2D eigenvalue weighted by atomic mass is 19.1. The van der Waals surface area contributed by atoms with E-state index in [1.54, 1.807) is 19.1 Å². The number of nitrogens with one attached hydrogen (secondary N) is 1. The van der Waals surface area contributed by atoms with E-state index in [0.717, 1.165) is 0 Å². The van der Waals surface area contributed by atoms with Crippen LogP contribution in [0.1, 0.15) is 34.0 Å². The van der Waals surface area contributed by atoms with Crippen molar-refractivity contribution in [3.05, 3.63) is 52.9 Å². The Bertz CT molecular complexity index is 1040. The van der Waals surface area contributed by atoms with E-state index in [4.69, 9.17) is 24.8 Å². The summed E-state index contributed by atoms with van der Waals surface area (Å²) in [5, 5.41) is 6.90. The molecule has 0 radical (unpaired) electrons. The molecule has 1 saturated heterocycles. The Hall–Kier alpha value is -3.15. The number of carbonyl (C=O) groups is 1. The summed E-state index contributed by atoms with van der Waals surface area (Å²) in [6.45, 7) is 3.39. The van der Waals surface area contributed by atoms with Gasteiger partial charge in [0.15, 0.2) is 24.0 Å². The lowest BCUT2D eigenvalue weighted by molar-refractivity contribution is -0.242. The van der Waals surface area contributed by atoms with Crippen LogP contribution in [-0.4, -0.2) is 60.8 Å². The van der Waals surface area contributed by atoms with E-state index in [0.29, 0.717) is 49.0 Å². The van der Waals surface area contributed by atoms with Crippen molar-refractivity contribution in [3.8, 4) is 5.75 Å². The molecule has 2 aliphatic rings. The molecule has 0 saturated carbocycles. The smallest absolute Gasteiger partial charge is 0.270 e. The van der Waals surface area contributed by atoms with Crippen LogP contribution in [0.15, 0.2) is 29.4 Å². The first-order valence-electron chi connectivity index (χ1n) is 10.6. The number of amides is 1. The van der Waals surface area contributed by atoms with Gasteiger partial charge in [-0.1, -0.05) is 11.2 Å². The molecule has 2 aromatic rings. The molecule has 1 fully saturated rings. The van der Waals surface area contributed by atoms with Gasteiger partial charge in [-0.25, -0.2) is 14.4 Å². The van der Waals surface area contributed by atoms with Gasteiger partial charge < -0.3 is 30.1 Å². The summed E-state index contributed by atoms with van der Waals surface area (Å²) in [4.78, 5) is 26.8. The summed E-state index contributed by atoms with van der Waals surface area (Å²) < 4.78 is 30.0. The third-order valence-corrected chi connectivity index (χ3v) is 5.36. The lowest BCUT2D eigenvalue weighted by Gasteiger charge is -2.30. The quantitative estimate of drug-likeness (QED) is 0.634. The van der Waals surface area contributed by atoms with Crippen LogP contribution >= 0.6 is 0 Å². The topological polar surface area (TPSA) is 130 Å². The normalized spacial score (nSPS) is 22.4. The average Bonchev–Trinajstić information content (AvgIpc) is 3.33. The van der Waals surface area contributed by atoms with E-state index in [1.807, 2.05) is 0 Å². The fourth-order valence-corrected chi connectivity index (χ4v) is 3.52. The second-order valence-electron chi connectivity index (χ2n) is 7.86. The molecular formula is C22H26FN5O5. The van der Waals surface area contributed by atoms with Crippen molar-refractivity contribution in [2.45, 2.75) is 32.3 Å². The minimum absolute atomic E-state index is 0.111. The summed E-state index contributed by atoms with van der Waals surface area (Å²) in [6.07, 6.45) is -0.516. The van der Waals surface area contributed by atoms with E-state index < -0.39 is 24.1 Å². The molecule has 1 aromatic carbocycles. The van der Waals surface area contributed by atoms with Crippen LogP contribution in [0.5, 0.6) is 5.75 Å². The van der Waals surface area contributed by atoms with E-state index in [1.165, 1.54) is 19.2 Å². The number of hydrogen-bond acceptors (Lipinski definition) is 9. The summed E-state index contributed by atoms with van der Waals surface area (Å²) in [7, 11) is 1.38. The number of carbonyl (C=O) groups excluding carboxylic acids is 1. The van der Waals surface area contributed by atoms with Gasteiger partial charge in [-0.05, 0) is 37.2 Å². The molecule has 10 nitrogen and oxygen atoms in total. The Balaban J connectivity index is 1.39. The zero-order chi connectivity index (χ0) is 23.4. The maximum Gasteiger partial charge on any atom is 0.270 e. The van der Waals surface area contributed by atoms with Crippen molar-refractivity contribution >= 4 is 11.6 Å². The zero-order valence-electron chi connectivity index (χ0n) is 18.4. The summed E-state index contributed by atoms with van der Waals surface area (Å²) in [6, 6.07) is 5.95. The number of oxime groups is 1. The van der Waals surface area contributed by atoms with Crippen molar-refractivity contribution in [1.29, 1.82) is 0 Å². The van der Waals surface area contributed by atoms with Gasteiger partial charge in [0.05, 0.1) is 26.0 Å². The largest absolute Gasteiger partial charge is 0.494 e. The fraction of sp³-hybridized carbons (Fsp3) is 0.455. The number of aryl methyl sites for hydroxylation is 1. The Morgan fingerprint density at radius 2 is 2.06 bits per heavy atom. The Labute approximate surface area is 190 Å². The lowest BCUT2D eigenvalue weighted by atomic mass is 10.1. The van der Waals surface area contributed by atoms with Gasteiger partial charge >= 0.3 is 0 Å². The Morgan fingerprint density at radius 3 is 2.79 bits per heavy atom. The molecule has 1 atom stereocenters. The molecule has 176 valence electrons. The number of halogens is 1. The second kappa shape index (κ2) is 10.2. The van der Waals surface area contributed by atoms with Crippen LogP contribution in [0.2, 0.25) is 0 Å². The van der Waals surface area contributed by atoms with Crippen LogP contribution in [0, 0.1) is 18.7 Å². The predicted octanol–water partition coefficient (Wildman–Crippen LogP) is 1.30. The molecule has 0 aliphatic carbocycles. The van der Waals surface area contributed by atoms with Crippen LogP contribution in [0.3, 0.4) is 0 Å².